The van der Waals surface area contributed by atoms with E-state index in [1.54, 1.807) is 7.11 Å². The van der Waals surface area contributed by atoms with Gasteiger partial charge in [-0.05, 0) is 36.5 Å². The zero-order chi connectivity index (χ0) is 16.4. The lowest BCUT2D eigenvalue weighted by Crippen LogP contribution is -2.43. The predicted octanol–water partition coefficient (Wildman–Crippen LogP) is 2.91. The number of hydrogen-bond donors (Lipinski definition) is 1. The van der Waals surface area contributed by atoms with E-state index in [2.05, 4.69) is 9.27 Å². The van der Waals surface area contributed by atoms with Crippen LogP contribution in [0.25, 0.3) is 0 Å². The molecule has 0 radical (unpaired) electrons. The first-order valence-corrected chi connectivity index (χ1v) is 8.18. The number of nitrogens with zero attached hydrogens (tertiary/aromatic N) is 2. The highest BCUT2D eigenvalue weighted by molar-refractivity contribution is 7.05. The van der Waals surface area contributed by atoms with E-state index in [9.17, 15) is 13.9 Å². The molecule has 1 aliphatic rings. The summed E-state index contributed by atoms with van der Waals surface area (Å²) >= 11 is 1.37. The lowest BCUT2D eigenvalue weighted by Gasteiger charge is -2.38. The van der Waals surface area contributed by atoms with E-state index >= 15 is 0 Å². The molecule has 0 saturated carbocycles. The van der Waals surface area contributed by atoms with E-state index in [0.29, 0.717) is 38.4 Å². The highest BCUT2D eigenvalue weighted by Crippen LogP contribution is 2.36. The maximum absolute atomic E-state index is 13.9. The van der Waals surface area contributed by atoms with Crippen molar-refractivity contribution < 1.29 is 18.6 Å². The Kier molecular flexibility index (Phi) is 4.61. The van der Waals surface area contributed by atoms with Gasteiger partial charge in [-0.1, -0.05) is 6.07 Å². The Labute approximate surface area is 137 Å². The van der Waals surface area contributed by atoms with Crippen molar-refractivity contribution in [1.82, 2.24) is 9.27 Å². The summed E-state index contributed by atoms with van der Waals surface area (Å²) in [4.78, 5) is 3.20. The standard InChI is InChI=1S/C16H18F2N2O2S/c1-22-14-9-11(23-19-14)10-20-7-5-16(21,6-8-20)15-12(17)3-2-4-13(15)18/h2-4,9,21H,5-8,10H2,1H3. The van der Waals surface area contributed by atoms with Crippen LogP contribution in [0.15, 0.2) is 24.3 Å². The molecule has 0 spiro atoms. The van der Waals surface area contributed by atoms with Crippen LogP contribution in [0, 0.1) is 11.6 Å². The molecule has 2 aromatic rings. The van der Waals surface area contributed by atoms with Gasteiger partial charge in [0, 0.05) is 30.6 Å². The van der Waals surface area contributed by atoms with Crippen molar-refractivity contribution in [3.05, 3.63) is 46.3 Å². The lowest BCUT2D eigenvalue weighted by molar-refractivity contribution is -0.0327. The Balaban J connectivity index is 1.67. The van der Waals surface area contributed by atoms with Crippen LogP contribution >= 0.6 is 11.5 Å². The maximum Gasteiger partial charge on any atom is 0.225 e. The Morgan fingerprint density at radius 2 is 1.96 bits per heavy atom. The van der Waals surface area contributed by atoms with Crippen molar-refractivity contribution in [3.63, 3.8) is 0 Å². The van der Waals surface area contributed by atoms with Crippen LogP contribution in [0.1, 0.15) is 23.3 Å². The quantitative estimate of drug-likeness (QED) is 0.930. The molecule has 0 amide bonds. The molecule has 4 nitrogen and oxygen atoms in total. The topological polar surface area (TPSA) is 45.6 Å². The third kappa shape index (κ3) is 3.36. The third-order valence-corrected chi connectivity index (χ3v) is 4.99. The summed E-state index contributed by atoms with van der Waals surface area (Å²) in [7, 11) is 1.57. The number of aromatic nitrogens is 1. The van der Waals surface area contributed by atoms with Crippen molar-refractivity contribution in [3.8, 4) is 5.88 Å². The number of benzene rings is 1. The van der Waals surface area contributed by atoms with Crippen molar-refractivity contribution in [2.24, 2.45) is 0 Å². The minimum Gasteiger partial charge on any atom is -0.480 e. The zero-order valence-electron chi connectivity index (χ0n) is 12.8. The van der Waals surface area contributed by atoms with E-state index in [4.69, 9.17) is 4.74 Å². The normalized spacial score (nSPS) is 18.1. The van der Waals surface area contributed by atoms with Crippen molar-refractivity contribution in [2.45, 2.75) is 25.0 Å². The molecule has 2 heterocycles. The molecule has 1 aromatic carbocycles. The molecule has 0 atom stereocenters. The molecular weight excluding hydrogens is 322 g/mol. The van der Waals surface area contributed by atoms with E-state index in [-0.39, 0.29) is 5.56 Å². The van der Waals surface area contributed by atoms with Crippen molar-refractivity contribution >= 4 is 11.5 Å². The van der Waals surface area contributed by atoms with Gasteiger partial charge in [-0.3, -0.25) is 4.90 Å². The largest absolute Gasteiger partial charge is 0.480 e. The highest BCUT2D eigenvalue weighted by Gasteiger charge is 2.38. The minimum absolute atomic E-state index is 0.209. The summed E-state index contributed by atoms with van der Waals surface area (Å²) in [6.45, 7) is 1.81. The monoisotopic (exact) mass is 340 g/mol. The molecule has 7 heteroatoms. The third-order valence-electron chi connectivity index (χ3n) is 4.24. The van der Waals surface area contributed by atoms with Crippen molar-refractivity contribution in [1.29, 1.82) is 0 Å². The maximum atomic E-state index is 13.9. The molecule has 124 valence electrons. The van der Waals surface area contributed by atoms with Gasteiger partial charge in [0.1, 0.15) is 11.6 Å². The van der Waals surface area contributed by atoms with Crippen molar-refractivity contribution in [2.75, 3.05) is 20.2 Å². The van der Waals surface area contributed by atoms with Crippen LogP contribution in [0.3, 0.4) is 0 Å². The molecule has 0 bridgehead atoms. The molecular formula is C16H18F2N2O2S. The number of methoxy groups -OCH3 is 1. The fourth-order valence-corrected chi connectivity index (χ4v) is 3.69. The second-order valence-electron chi connectivity index (χ2n) is 5.74. The van der Waals surface area contributed by atoms with Crippen LogP contribution in [0.4, 0.5) is 8.78 Å². The molecule has 1 aliphatic heterocycles. The van der Waals surface area contributed by atoms with E-state index in [0.717, 1.165) is 4.88 Å². The smallest absolute Gasteiger partial charge is 0.225 e. The van der Waals surface area contributed by atoms with Crippen LogP contribution in [-0.4, -0.2) is 34.6 Å². The van der Waals surface area contributed by atoms with Gasteiger partial charge in [0.05, 0.1) is 18.3 Å². The molecule has 0 unspecified atom stereocenters. The molecule has 0 aliphatic carbocycles. The molecule has 1 fully saturated rings. The molecule has 1 saturated heterocycles. The van der Waals surface area contributed by atoms with E-state index in [1.807, 2.05) is 6.07 Å². The number of hydrogen-bond acceptors (Lipinski definition) is 5. The fourth-order valence-electron chi connectivity index (χ4n) is 2.96. The van der Waals surface area contributed by atoms with Gasteiger partial charge in [-0.25, -0.2) is 8.78 Å². The molecule has 1 N–H and O–H groups in total. The number of halogens is 2. The van der Waals surface area contributed by atoms with Gasteiger partial charge in [0.15, 0.2) is 0 Å². The Morgan fingerprint density at radius 3 is 2.52 bits per heavy atom. The van der Waals surface area contributed by atoms with E-state index < -0.39 is 17.2 Å². The average molecular weight is 340 g/mol. The van der Waals surface area contributed by atoms with Gasteiger partial charge in [0.25, 0.3) is 0 Å². The molecule has 23 heavy (non-hydrogen) atoms. The van der Waals surface area contributed by atoms with Gasteiger partial charge >= 0.3 is 0 Å². The second-order valence-corrected chi connectivity index (χ2v) is 6.63. The predicted molar refractivity (Wildman–Crippen MR) is 83.4 cm³/mol. The Hall–Kier alpha value is -1.57. The first kappa shape index (κ1) is 16.3. The number of piperidine rings is 1. The second kappa shape index (κ2) is 6.51. The first-order valence-electron chi connectivity index (χ1n) is 7.40. The highest BCUT2D eigenvalue weighted by atomic mass is 32.1. The van der Waals surface area contributed by atoms with Gasteiger partial charge < -0.3 is 9.84 Å². The number of aliphatic hydroxyl groups is 1. The summed E-state index contributed by atoms with van der Waals surface area (Å²) in [6, 6.07) is 5.56. The minimum atomic E-state index is -1.45. The summed E-state index contributed by atoms with van der Waals surface area (Å²) < 4.78 is 37.1. The number of likely N-dealkylation sites (tertiary alicyclic amines) is 1. The number of rotatable bonds is 4. The fraction of sp³-hybridized carbons (Fsp3) is 0.438. The van der Waals surface area contributed by atoms with Crippen LogP contribution in [0.2, 0.25) is 0 Å². The Morgan fingerprint density at radius 1 is 1.30 bits per heavy atom. The van der Waals surface area contributed by atoms with Crippen LogP contribution in [-0.2, 0) is 12.1 Å². The van der Waals surface area contributed by atoms with Gasteiger partial charge in [0.2, 0.25) is 5.88 Å². The van der Waals surface area contributed by atoms with E-state index in [1.165, 1.54) is 29.7 Å². The Bertz CT molecular complexity index is 664. The summed E-state index contributed by atoms with van der Waals surface area (Å²) in [5.41, 5.74) is -1.66. The van der Waals surface area contributed by atoms with Gasteiger partial charge in [-0.2, -0.15) is 4.37 Å². The van der Waals surface area contributed by atoms with Crippen LogP contribution in [0.5, 0.6) is 5.88 Å². The summed E-state index contributed by atoms with van der Waals surface area (Å²) in [5, 5.41) is 10.7. The number of ether oxygens (including phenoxy) is 1. The van der Waals surface area contributed by atoms with Gasteiger partial charge in [-0.15, -0.1) is 0 Å². The SMILES string of the molecule is COc1cc(CN2CCC(O)(c3c(F)cccc3F)CC2)sn1. The van der Waals surface area contributed by atoms with Crippen LogP contribution < -0.4 is 4.74 Å². The summed E-state index contributed by atoms with van der Waals surface area (Å²) in [5.74, 6) is -0.784. The lowest BCUT2D eigenvalue weighted by atomic mass is 9.83. The summed E-state index contributed by atoms with van der Waals surface area (Å²) in [6.07, 6.45) is 0.585. The average Bonchev–Trinajstić information content (AvgIpc) is 2.97. The molecule has 1 aromatic heterocycles. The molecule has 3 rings (SSSR count). The zero-order valence-corrected chi connectivity index (χ0v) is 13.6. The first-order chi connectivity index (χ1) is 11.0.